The summed E-state index contributed by atoms with van der Waals surface area (Å²) in [6, 6.07) is 0. The first kappa shape index (κ1) is 12.8. The Hall–Kier alpha value is -1.21. The number of fused-ring (bicyclic) bond motifs is 1. The standard InChI is InChI=1S/C11H11ClFN5S/c12-10-14-6-7(13)9(15-10)19-11-17-16-8-4-2-1-3-5-18(8)11/h6H,1-5H2. The fourth-order valence-electron chi connectivity index (χ4n) is 2.02. The summed E-state index contributed by atoms with van der Waals surface area (Å²) >= 11 is 6.82. The molecule has 0 N–H and O–H groups in total. The largest absolute Gasteiger partial charge is 0.306 e. The minimum absolute atomic E-state index is 0.0273. The SMILES string of the molecule is Fc1cnc(Cl)nc1Sc1nnc2n1CCCCC2. The van der Waals surface area contributed by atoms with Crippen molar-refractivity contribution < 1.29 is 4.39 Å². The number of aryl methyl sites for hydroxylation is 1. The number of nitrogens with zero attached hydrogens (tertiary/aromatic N) is 5. The van der Waals surface area contributed by atoms with E-state index in [2.05, 4.69) is 20.2 Å². The van der Waals surface area contributed by atoms with E-state index in [9.17, 15) is 4.39 Å². The van der Waals surface area contributed by atoms with Gasteiger partial charge in [0.2, 0.25) is 5.28 Å². The van der Waals surface area contributed by atoms with E-state index in [0.29, 0.717) is 5.16 Å². The molecule has 0 amide bonds. The van der Waals surface area contributed by atoms with Crippen LogP contribution in [0.25, 0.3) is 0 Å². The van der Waals surface area contributed by atoms with E-state index in [-0.39, 0.29) is 10.3 Å². The summed E-state index contributed by atoms with van der Waals surface area (Å²) in [5.74, 6) is 0.459. The first-order chi connectivity index (χ1) is 9.24. The zero-order chi connectivity index (χ0) is 13.2. The first-order valence-electron chi connectivity index (χ1n) is 6.02. The minimum atomic E-state index is -0.500. The lowest BCUT2D eigenvalue weighted by Gasteiger charge is -2.06. The highest BCUT2D eigenvalue weighted by molar-refractivity contribution is 7.99. The summed E-state index contributed by atoms with van der Waals surface area (Å²) in [4.78, 5) is 7.48. The molecule has 0 bridgehead atoms. The quantitative estimate of drug-likeness (QED) is 0.630. The number of halogens is 2. The third-order valence-corrected chi connectivity index (χ3v) is 4.09. The number of aromatic nitrogens is 5. The second kappa shape index (κ2) is 5.42. The van der Waals surface area contributed by atoms with Crippen molar-refractivity contribution in [1.82, 2.24) is 24.7 Å². The second-order valence-electron chi connectivity index (χ2n) is 4.26. The average molecular weight is 300 g/mol. The summed E-state index contributed by atoms with van der Waals surface area (Å²) in [7, 11) is 0. The molecule has 3 rings (SSSR count). The van der Waals surface area contributed by atoms with Crippen molar-refractivity contribution in [2.24, 2.45) is 0 Å². The van der Waals surface area contributed by atoms with E-state index in [4.69, 9.17) is 11.6 Å². The van der Waals surface area contributed by atoms with Gasteiger partial charge in [-0.2, -0.15) is 0 Å². The molecule has 5 nitrogen and oxygen atoms in total. The predicted molar refractivity (Wildman–Crippen MR) is 68.7 cm³/mol. The molecule has 8 heteroatoms. The molecular weight excluding hydrogens is 289 g/mol. The molecular formula is C11H11ClFN5S. The van der Waals surface area contributed by atoms with E-state index >= 15 is 0 Å². The van der Waals surface area contributed by atoms with Crippen LogP contribution in [-0.2, 0) is 13.0 Å². The Balaban J connectivity index is 1.91. The molecule has 2 aromatic rings. The van der Waals surface area contributed by atoms with E-state index < -0.39 is 5.82 Å². The van der Waals surface area contributed by atoms with Crippen LogP contribution in [-0.4, -0.2) is 24.7 Å². The van der Waals surface area contributed by atoms with Gasteiger partial charge in [-0.15, -0.1) is 10.2 Å². The molecule has 19 heavy (non-hydrogen) atoms. The van der Waals surface area contributed by atoms with Crippen LogP contribution in [0.15, 0.2) is 16.4 Å². The number of rotatable bonds is 2. The zero-order valence-electron chi connectivity index (χ0n) is 10.0. The smallest absolute Gasteiger partial charge is 0.223 e. The lowest BCUT2D eigenvalue weighted by atomic mass is 10.2. The van der Waals surface area contributed by atoms with E-state index in [0.717, 1.165) is 49.6 Å². The van der Waals surface area contributed by atoms with Crippen LogP contribution in [0.3, 0.4) is 0 Å². The Labute approximate surface area is 118 Å². The van der Waals surface area contributed by atoms with Crippen molar-refractivity contribution in [3.63, 3.8) is 0 Å². The zero-order valence-corrected chi connectivity index (χ0v) is 11.6. The molecule has 1 aliphatic rings. The van der Waals surface area contributed by atoms with Gasteiger partial charge in [0, 0.05) is 13.0 Å². The van der Waals surface area contributed by atoms with Gasteiger partial charge in [-0.3, -0.25) is 0 Å². The number of hydrogen-bond acceptors (Lipinski definition) is 5. The third-order valence-electron chi connectivity index (χ3n) is 2.95. The third kappa shape index (κ3) is 2.71. The molecule has 0 radical (unpaired) electrons. The molecule has 3 heterocycles. The monoisotopic (exact) mass is 299 g/mol. The molecule has 1 aliphatic heterocycles. The maximum Gasteiger partial charge on any atom is 0.223 e. The van der Waals surface area contributed by atoms with Crippen LogP contribution in [0.4, 0.5) is 4.39 Å². The summed E-state index contributed by atoms with van der Waals surface area (Å²) in [6.45, 7) is 0.866. The minimum Gasteiger partial charge on any atom is -0.306 e. The van der Waals surface area contributed by atoms with Crippen LogP contribution in [0, 0.1) is 5.82 Å². The van der Waals surface area contributed by atoms with Crippen LogP contribution in [0.5, 0.6) is 0 Å². The Bertz CT molecular complexity index is 603. The van der Waals surface area contributed by atoms with Crippen LogP contribution in [0.1, 0.15) is 25.1 Å². The van der Waals surface area contributed by atoms with Gasteiger partial charge >= 0.3 is 0 Å². The lowest BCUT2D eigenvalue weighted by molar-refractivity contribution is 0.573. The van der Waals surface area contributed by atoms with Crippen LogP contribution >= 0.6 is 23.4 Å². The highest BCUT2D eigenvalue weighted by atomic mass is 35.5. The molecule has 100 valence electrons. The summed E-state index contributed by atoms with van der Waals surface area (Å²) in [6.07, 6.45) is 5.38. The van der Waals surface area contributed by atoms with Crippen molar-refractivity contribution in [3.8, 4) is 0 Å². The maximum atomic E-state index is 13.6. The highest BCUT2D eigenvalue weighted by Crippen LogP contribution is 2.29. The van der Waals surface area contributed by atoms with Gasteiger partial charge in [-0.05, 0) is 36.2 Å². The lowest BCUT2D eigenvalue weighted by Crippen LogP contribution is -2.02. The first-order valence-corrected chi connectivity index (χ1v) is 7.21. The molecule has 0 atom stereocenters. The second-order valence-corrected chi connectivity index (χ2v) is 5.55. The van der Waals surface area contributed by atoms with Gasteiger partial charge in [-0.1, -0.05) is 6.42 Å². The van der Waals surface area contributed by atoms with E-state index in [1.54, 1.807) is 0 Å². The van der Waals surface area contributed by atoms with Gasteiger partial charge in [-0.25, -0.2) is 14.4 Å². The van der Waals surface area contributed by atoms with Crippen molar-refractivity contribution >= 4 is 23.4 Å². The van der Waals surface area contributed by atoms with Gasteiger partial charge in [0.1, 0.15) is 10.9 Å². The molecule has 0 saturated heterocycles. The summed E-state index contributed by atoms with van der Waals surface area (Å²) in [5, 5.41) is 9.13. The fraction of sp³-hybridized carbons (Fsp3) is 0.455. The summed E-state index contributed by atoms with van der Waals surface area (Å²) in [5.41, 5.74) is 0. The Kier molecular flexibility index (Phi) is 3.65. The molecule has 0 unspecified atom stereocenters. The number of hydrogen-bond donors (Lipinski definition) is 0. The topological polar surface area (TPSA) is 56.5 Å². The van der Waals surface area contributed by atoms with E-state index in [1.807, 2.05) is 4.57 Å². The molecule has 0 spiro atoms. The van der Waals surface area contributed by atoms with Crippen molar-refractivity contribution in [2.45, 2.75) is 42.4 Å². The van der Waals surface area contributed by atoms with Crippen molar-refractivity contribution in [2.75, 3.05) is 0 Å². The fourth-order valence-corrected chi connectivity index (χ4v) is 3.05. The van der Waals surface area contributed by atoms with Gasteiger partial charge in [0.25, 0.3) is 0 Å². The van der Waals surface area contributed by atoms with Crippen LogP contribution in [0.2, 0.25) is 5.28 Å². The molecule has 0 saturated carbocycles. The summed E-state index contributed by atoms with van der Waals surface area (Å²) < 4.78 is 15.6. The van der Waals surface area contributed by atoms with Crippen molar-refractivity contribution in [3.05, 3.63) is 23.1 Å². The molecule has 0 fully saturated rings. The molecule has 0 aromatic carbocycles. The van der Waals surface area contributed by atoms with Gasteiger partial charge in [0.05, 0.1) is 6.20 Å². The van der Waals surface area contributed by atoms with Gasteiger partial charge in [0.15, 0.2) is 11.0 Å². The van der Waals surface area contributed by atoms with Crippen molar-refractivity contribution in [1.29, 1.82) is 0 Å². The maximum absolute atomic E-state index is 13.6. The molecule has 0 aliphatic carbocycles. The Morgan fingerprint density at radius 3 is 3.05 bits per heavy atom. The normalized spacial score (nSPS) is 15.1. The van der Waals surface area contributed by atoms with Crippen LogP contribution < -0.4 is 0 Å². The molecule has 2 aromatic heterocycles. The predicted octanol–water partition coefficient (Wildman–Crippen LogP) is 2.74. The Morgan fingerprint density at radius 2 is 2.16 bits per heavy atom. The Morgan fingerprint density at radius 1 is 1.26 bits per heavy atom. The average Bonchev–Trinajstić information content (AvgIpc) is 2.62. The highest BCUT2D eigenvalue weighted by Gasteiger charge is 2.18. The van der Waals surface area contributed by atoms with E-state index in [1.165, 1.54) is 6.42 Å². The van der Waals surface area contributed by atoms with Gasteiger partial charge < -0.3 is 4.57 Å².